The van der Waals surface area contributed by atoms with Gasteiger partial charge in [0, 0.05) is 32.0 Å². The smallest absolute Gasteiger partial charge is 0.221 e. The van der Waals surface area contributed by atoms with E-state index in [9.17, 15) is 4.79 Å². The molecular formula is C21H26N2O. The van der Waals surface area contributed by atoms with Gasteiger partial charge in [0.2, 0.25) is 5.91 Å². The van der Waals surface area contributed by atoms with E-state index in [1.165, 1.54) is 17.5 Å². The normalized spacial score (nSPS) is 18.4. The van der Waals surface area contributed by atoms with E-state index < -0.39 is 0 Å². The number of rotatable bonds is 7. The Labute approximate surface area is 144 Å². The summed E-state index contributed by atoms with van der Waals surface area (Å²) in [5.41, 5.74) is 2.94. The van der Waals surface area contributed by atoms with Gasteiger partial charge < -0.3 is 10.2 Å². The van der Waals surface area contributed by atoms with Gasteiger partial charge >= 0.3 is 0 Å². The minimum Gasteiger partial charge on any atom is -0.359 e. The van der Waals surface area contributed by atoms with Crippen LogP contribution in [0, 0.1) is 5.92 Å². The summed E-state index contributed by atoms with van der Waals surface area (Å²) in [5, 5.41) is 2.69. The maximum absolute atomic E-state index is 11.5. The summed E-state index contributed by atoms with van der Waals surface area (Å²) in [6, 6.07) is 21.7. The summed E-state index contributed by atoms with van der Waals surface area (Å²) < 4.78 is 0. The average molecular weight is 322 g/mol. The van der Waals surface area contributed by atoms with Gasteiger partial charge in [0.25, 0.3) is 0 Å². The summed E-state index contributed by atoms with van der Waals surface area (Å²) >= 11 is 0. The van der Waals surface area contributed by atoms with Crippen LogP contribution in [-0.4, -0.2) is 38.0 Å². The SMILES string of the molecule is CNC(=O)CCN(C)C[C@H]1CC1(c1ccccc1)c1ccccc1. The number of benzene rings is 2. The number of nitrogens with zero attached hydrogens (tertiary/aromatic N) is 1. The fourth-order valence-electron chi connectivity index (χ4n) is 3.78. The Bertz CT molecular complexity index is 629. The van der Waals surface area contributed by atoms with Crippen LogP contribution >= 0.6 is 0 Å². The third-order valence-corrected chi connectivity index (χ3v) is 5.21. The van der Waals surface area contributed by atoms with Crippen molar-refractivity contribution >= 4 is 5.91 Å². The van der Waals surface area contributed by atoms with E-state index in [-0.39, 0.29) is 11.3 Å². The lowest BCUT2D eigenvalue weighted by Gasteiger charge is -2.22. The molecule has 1 aliphatic rings. The van der Waals surface area contributed by atoms with E-state index in [4.69, 9.17) is 0 Å². The van der Waals surface area contributed by atoms with Gasteiger partial charge in [-0.3, -0.25) is 4.79 Å². The molecule has 2 aromatic carbocycles. The van der Waals surface area contributed by atoms with Crippen molar-refractivity contribution in [2.24, 2.45) is 5.92 Å². The van der Waals surface area contributed by atoms with Crippen molar-refractivity contribution < 1.29 is 4.79 Å². The summed E-state index contributed by atoms with van der Waals surface area (Å²) in [5.74, 6) is 0.701. The molecule has 24 heavy (non-hydrogen) atoms. The largest absolute Gasteiger partial charge is 0.359 e. The predicted octanol–water partition coefficient (Wildman–Crippen LogP) is 3.06. The third kappa shape index (κ3) is 3.36. The molecule has 1 N–H and O–H groups in total. The first-order chi connectivity index (χ1) is 11.7. The number of amides is 1. The van der Waals surface area contributed by atoms with Crippen molar-refractivity contribution in [1.29, 1.82) is 0 Å². The van der Waals surface area contributed by atoms with Gasteiger partial charge in [0.05, 0.1) is 0 Å². The zero-order valence-corrected chi connectivity index (χ0v) is 14.5. The van der Waals surface area contributed by atoms with Crippen LogP contribution in [0.3, 0.4) is 0 Å². The number of hydrogen-bond donors (Lipinski definition) is 1. The van der Waals surface area contributed by atoms with Crippen molar-refractivity contribution in [3.63, 3.8) is 0 Å². The van der Waals surface area contributed by atoms with Crippen LogP contribution < -0.4 is 5.32 Å². The Hall–Kier alpha value is -2.13. The zero-order valence-electron chi connectivity index (χ0n) is 14.5. The summed E-state index contributed by atoms with van der Waals surface area (Å²) in [7, 11) is 3.81. The van der Waals surface area contributed by atoms with Crippen LogP contribution in [-0.2, 0) is 10.2 Å². The van der Waals surface area contributed by atoms with Gasteiger partial charge in [0.15, 0.2) is 0 Å². The topological polar surface area (TPSA) is 32.3 Å². The molecule has 0 spiro atoms. The van der Waals surface area contributed by atoms with Crippen LogP contribution in [0.1, 0.15) is 24.0 Å². The van der Waals surface area contributed by atoms with Gasteiger partial charge in [-0.1, -0.05) is 60.7 Å². The maximum Gasteiger partial charge on any atom is 0.221 e. The minimum atomic E-state index is 0.107. The molecule has 0 unspecified atom stereocenters. The van der Waals surface area contributed by atoms with E-state index in [0.717, 1.165) is 13.1 Å². The summed E-state index contributed by atoms with van der Waals surface area (Å²) in [4.78, 5) is 13.7. The molecule has 1 atom stereocenters. The van der Waals surface area contributed by atoms with E-state index >= 15 is 0 Å². The maximum atomic E-state index is 11.5. The van der Waals surface area contributed by atoms with Gasteiger partial charge in [-0.25, -0.2) is 0 Å². The minimum absolute atomic E-state index is 0.107. The lowest BCUT2D eigenvalue weighted by atomic mass is 9.85. The molecule has 1 fully saturated rings. The lowest BCUT2D eigenvalue weighted by Crippen LogP contribution is -2.29. The van der Waals surface area contributed by atoms with Gasteiger partial charge in [-0.2, -0.15) is 0 Å². The summed E-state index contributed by atoms with van der Waals surface area (Å²) in [6.07, 6.45) is 1.73. The van der Waals surface area contributed by atoms with Gasteiger partial charge in [-0.15, -0.1) is 0 Å². The Kier molecular flexibility index (Phi) is 5.00. The Balaban J connectivity index is 1.74. The Morgan fingerprint density at radius 1 is 1.08 bits per heavy atom. The highest BCUT2D eigenvalue weighted by Gasteiger charge is 2.56. The highest BCUT2D eigenvalue weighted by molar-refractivity contribution is 5.75. The molecule has 0 bridgehead atoms. The zero-order chi connectivity index (χ0) is 17.0. The number of hydrogen-bond acceptors (Lipinski definition) is 2. The molecule has 1 saturated carbocycles. The molecule has 0 aliphatic heterocycles. The first-order valence-electron chi connectivity index (χ1n) is 8.67. The molecule has 0 saturated heterocycles. The second-order valence-corrected chi connectivity index (χ2v) is 6.79. The third-order valence-electron chi connectivity index (χ3n) is 5.21. The molecule has 1 amide bonds. The second kappa shape index (κ2) is 7.18. The van der Waals surface area contributed by atoms with Gasteiger partial charge in [0.1, 0.15) is 0 Å². The molecular weight excluding hydrogens is 296 g/mol. The van der Waals surface area contributed by atoms with E-state index in [1.54, 1.807) is 7.05 Å². The van der Waals surface area contributed by atoms with Crippen molar-refractivity contribution in [2.45, 2.75) is 18.3 Å². The molecule has 126 valence electrons. The first kappa shape index (κ1) is 16.7. The summed E-state index contributed by atoms with van der Waals surface area (Å²) in [6.45, 7) is 1.82. The van der Waals surface area contributed by atoms with Crippen molar-refractivity contribution in [2.75, 3.05) is 27.2 Å². The van der Waals surface area contributed by atoms with E-state index in [1.807, 2.05) is 0 Å². The van der Waals surface area contributed by atoms with Crippen molar-refractivity contribution in [1.82, 2.24) is 10.2 Å². The van der Waals surface area contributed by atoms with E-state index in [2.05, 4.69) is 77.9 Å². The molecule has 0 heterocycles. The average Bonchev–Trinajstić information content (AvgIpc) is 3.36. The molecule has 3 nitrogen and oxygen atoms in total. The molecule has 0 radical (unpaired) electrons. The highest BCUT2D eigenvalue weighted by Crippen LogP contribution is 2.58. The van der Waals surface area contributed by atoms with Crippen LogP contribution in [0.2, 0.25) is 0 Å². The van der Waals surface area contributed by atoms with Crippen LogP contribution in [0.25, 0.3) is 0 Å². The second-order valence-electron chi connectivity index (χ2n) is 6.79. The van der Waals surface area contributed by atoms with Crippen LogP contribution in [0.5, 0.6) is 0 Å². The standard InChI is InChI=1S/C21H26N2O/c1-22-20(24)13-14-23(2)16-19-15-21(19,17-9-5-3-6-10-17)18-11-7-4-8-12-18/h3-12,19H,13-16H2,1-2H3,(H,22,24)/t19-/m1/s1. The molecule has 3 rings (SSSR count). The number of nitrogens with one attached hydrogen (secondary N) is 1. The molecule has 0 aromatic heterocycles. The monoisotopic (exact) mass is 322 g/mol. The molecule has 3 heteroatoms. The van der Waals surface area contributed by atoms with E-state index in [0.29, 0.717) is 12.3 Å². The number of carbonyl (C=O) groups excluding carboxylic acids is 1. The lowest BCUT2D eigenvalue weighted by molar-refractivity contribution is -0.120. The Morgan fingerprint density at radius 3 is 2.12 bits per heavy atom. The van der Waals surface area contributed by atoms with Gasteiger partial charge in [-0.05, 0) is 30.5 Å². The quantitative estimate of drug-likeness (QED) is 0.850. The van der Waals surface area contributed by atoms with Crippen molar-refractivity contribution in [3.05, 3.63) is 71.8 Å². The Morgan fingerprint density at radius 2 is 1.62 bits per heavy atom. The first-order valence-corrected chi connectivity index (χ1v) is 8.67. The predicted molar refractivity (Wildman–Crippen MR) is 98.0 cm³/mol. The fourth-order valence-corrected chi connectivity index (χ4v) is 3.78. The fraction of sp³-hybridized carbons (Fsp3) is 0.381. The van der Waals surface area contributed by atoms with Crippen LogP contribution in [0.15, 0.2) is 60.7 Å². The number of carbonyl (C=O) groups is 1. The van der Waals surface area contributed by atoms with Crippen LogP contribution in [0.4, 0.5) is 0 Å². The molecule has 2 aromatic rings. The molecule has 1 aliphatic carbocycles. The van der Waals surface area contributed by atoms with Crippen molar-refractivity contribution in [3.8, 4) is 0 Å². The highest BCUT2D eigenvalue weighted by atomic mass is 16.1.